The predicted octanol–water partition coefficient (Wildman–Crippen LogP) is 0.835. The average Bonchev–Trinajstić information content (AvgIpc) is 1.81. The number of hydrogen-bond acceptors (Lipinski definition) is 3. The lowest BCUT2D eigenvalue weighted by molar-refractivity contribution is -0.324. The Bertz CT molecular complexity index is 138. The molecule has 6 heteroatoms. The highest BCUT2D eigenvalue weighted by Gasteiger charge is 2.28. The van der Waals surface area contributed by atoms with Crippen LogP contribution in [0.4, 0.5) is 13.2 Å². The summed E-state index contributed by atoms with van der Waals surface area (Å²) in [5.74, 6) is 0. The molecular formula is C7H14F3NO2. The van der Waals surface area contributed by atoms with Gasteiger partial charge in [-0.25, -0.2) is 0 Å². The number of ether oxygens (including phenoxy) is 1. The lowest BCUT2D eigenvalue weighted by Crippen LogP contribution is -2.31. The quantitative estimate of drug-likeness (QED) is 0.715. The maximum absolute atomic E-state index is 11.5. The molecule has 1 atom stereocenters. The SMILES string of the molecule is CC(O)CN(C)CCOC(F)(F)F. The van der Waals surface area contributed by atoms with Crippen LogP contribution < -0.4 is 0 Å². The number of nitrogens with zero attached hydrogens (tertiary/aromatic N) is 1. The summed E-state index contributed by atoms with van der Waals surface area (Å²) in [6.07, 6.45) is -5.11. The van der Waals surface area contributed by atoms with Gasteiger partial charge in [-0.2, -0.15) is 0 Å². The third-order valence-corrected chi connectivity index (χ3v) is 1.31. The first-order valence-electron chi connectivity index (χ1n) is 3.88. The Morgan fingerprint density at radius 1 is 1.46 bits per heavy atom. The minimum Gasteiger partial charge on any atom is -0.392 e. The topological polar surface area (TPSA) is 32.7 Å². The van der Waals surface area contributed by atoms with E-state index >= 15 is 0 Å². The van der Waals surface area contributed by atoms with E-state index in [-0.39, 0.29) is 6.54 Å². The van der Waals surface area contributed by atoms with E-state index in [9.17, 15) is 13.2 Å². The Hall–Kier alpha value is -0.330. The summed E-state index contributed by atoms with van der Waals surface area (Å²) in [6, 6.07) is 0. The van der Waals surface area contributed by atoms with Gasteiger partial charge in [-0.1, -0.05) is 0 Å². The zero-order valence-corrected chi connectivity index (χ0v) is 7.64. The number of aliphatic hydroxyl groups is 1. The molecule has 80 valence electrons. The number of aliphatic hydroxyl groups excluding tert-OH is 1. The lowest BCUT2D eigenvalue weighted by Gasteiger charge is -2.18. The Labute approximate surface area is 75.1 Å². The van der Waals surface area contributed by atoms with Gasteiger partial charge < -0.3 is 10.0 Å². The zero-order chi connectivity index (χ0) is 10.5. The highest BCUT2D eigenvalue weighted by atomic mass is 19.4. The van der Waals surface area contributed by atoms with Crippen molar-refractivity contribution in [2.75, 3.05) is 26.7 Å². The van der Waals surface area contributed by atoms with Crippen molar-refractivity contribution in [3.8, 4) is 0 Å². The molecule has 0 amide bonds. The van der Waals surface area contributed by atoms with Crippen molar-refractivity contribution in [1.29, 1.82) is 0 Å². The molecule has 0 aromatic heterocycles. The molecule has 0 aliphatic heterocycles. The molecule has 0 saturated carbocycles. The lowest BCUT2D eigenvalue weighted by atomic mass is 10.4. The number of hydrogen-bond donors (Lipinski definition) is 1. The molecule has 0 aliphatic rings. The molecule has 0 fully saturated rings. The second-order valence-corrected chi connectivity index (χ2v) is 2.91. The molecule has 1 N–H and O–H groups in total. The first kappa shape index (κ1) is 12.7. The molecule has 0 saturated heterocycles. The van der Waals surface area contributed by atoms with Crippen LogP contribution in [0.3, 0.4) is 0 Å². The van der Waals surface area contributed by atoms with Gasteiger partial charge in [0, 0.05) is 13.1 Å². The molecule has 13 heavy (non-hydrogen) atoms. The van der Waals surface area contributed by atoms with E-state index in [1.165, 1.54) is 0 Å². The van der Waals surface area contributed by atoms with Crippen LogP contribution >= 0.6 is 0 Å². The molecule has 0 aromatic rings. The van der Waals surface area contributed by atoms with Crippen LogP contribution in [0, 0.1) is 0 Å². The number of alkyl halides is 3. The molecule has 0 rings (SSSR count). The number of halogens is 3. The minimum atomic E-state index is -4.56. The van der Waals surface area contributed by atoms with Gasteiger partial charge in [0.1, 0.15) is 0 Å². The Balaban J connectivity index is 3.42. The minimum absolute atomic E-state index is 0.143. The van der Waals surface area contributed by atoms with Crippen LogP contribution in [0.15, 0.2) is 0 Å². The Kier molecular flexibility index (Phi) is 5.27. The first-order valence-corrected chi connectivity index (χ1v) is 3.88. The van der Waals surface area contributed by atoms with Gasteiger partial charge in [-0.3, -0.25) is 4.74 Å². The van der Waals surface area contributed by atoms with Crippen molar-refractivity contribution < 1.29 is 23.0 Å². The van der Waals surface area contributed by atoms with Crippen LogP contribution in [0.2, 0.25) is 0 Å². The summed E-state index contributed by atoms with van der Waals surface area (Å²) in [6.45, 7) is 1.64. The van der Waals surface area contributed by atoms with E-state index < -0.39 is 19.1 Å². The predicted molar refractivity (Wildman–Crippen MR) is 41.2 cm³/mol. The average molecular weight is 201 g/mol. The molecule has 0 aromatic carbocycles. The number of likely N-dealkylation sites (N-methyl/N-ethyl adjacent to an activating group) is 1. The second kappa shape index (κ2) is 5.41. The van der Waals surface area contributed by atoms with E-state index in [1.807, 2.05) is 0 Å². The monoisotopic (exact) mass is 201 g/mol. The van der Waals surface area contributed by atoms with Crippen molar-refractivity contribution >= 4 is 0 Å². The van der Waals surface area contributed by atoms with Crippen molar-refractivity contribution in [3.05, 3.63) is 0 Å². The zero-order valence-electron chi connectivity index (χ0n) is 7.64. The van der Waals surface area contributed by atoms with Gasteiger partial charge in [0.25, 0.3) is 0 Å². The van der Waals surface area contributed by atoms with Gasteiger partial charge in [0.15, 0.2) is 0 Å². The molecular weight excluding hydrogens is 187 g/mol. The second-order valence-electron chi connectivity index (χ2n) is 2.91. The fraction of sp³-hybridized carbons (Fsp3) is 1.00. The van der Waals surface area contributed by atoms with Gasteiger partial charge in [-0.05, 0) is 14.0 Å². The standard InChI is InChI=1S/C7H14F3NO2/c1-6(12)5-11(2)3-4-13-7(8,9)10/h6,12H,3-5H2,1-2H3. The maximum Gasteiger partial charge on any atom is 0.522 e. The third-order valence-electron chi connectivity index (χ3n) is 1.31. The Morgan fingerprint density at radius 2 is 2.00 bits per heavy atom. The summed E-state index contributed by atoms with van der Waals surface area (Å²) in [4.78, 5) is 1.57. The van der Waals surface area contributed by atoms with Gasteiger partial charge >= 0.3 is 6.36 Å². The molecule has 0 spiro atoms. The largest absolute Gasteiger partial charge is 0.522 e. The van der Waals surface area contributed by atoms with Gasteiger partial charge in [0.05, 0.1) is 12.7 Å². The molecule has 0 heterocycles. The van der Waals surface area contributed by atoms with Crippen molar-refractivity contribution in [2.24, 2.45) is 0 Å². The third kappa shape index (κ3) is 9.59. The van der Waals surface area contributed by atoms with E-state index in [4.69, 9.17) is 5.11 Å². The Morgan fingerprint density at radius 3 is 2.38 bits per heavy atom. The van der Waals surface area contributed by atoms with E-state index in [0.29, 0.717) is 6.54 Å². The van der Waals surface area contributed by atoms with Crippen LogP contribution in [-0.2, 0) is 4.74 Å². The van der Waals surface area contributed by atoms with Crippen molar-refractivity contribution in [1.82, 2.24) is 4.90 Å². The highest BCUT2D eigenvalue weighted by molar-refractivity contribution is 4.55. The summed E-state index contributed by atoms with van der Waals surface area (Å²) in [5.41, 5.74) is 0. The molecule has 0 bridgehead atoms. The summed E-state index contributed by atoms with van der Waals surface area (Å²) in [7, 11) is 1.62. The summed E-state index contributed by atoms with van der Waals surface area (Å²) < 4.78 is 38.0. The normalized spacial score (nSPS) is 15.0. The fourth-order valence-corrected chi connectivity index (χ4v) is 0.860. The van der Waals surface area contributed by atoms with Gasteiger partial charge in [-0.15, -0.1) is 13.2 Å². The molecule has 3 nitrogen and oxygen atoms in total. The van der Waals surface area contributed by atoms with E-state index in [2.05, 4.69) is 4.74 Å². The molecule has 0 radical (unpaired) electrons. The molecule has 1 unspecified atom stereocenters. The maximum atomic E-state index is 11.5. The highest BCUT2D eigenvalue weighted by Crippen LogP contribution is 2.15. The van der Waals surface area contributed by atoms with Gasteiger partial charge in [0.2, 0.25) is 0 Å². The summed E-state index contributed by atoms with van der Waals surface area (Å²) >= 11 is 0. The smallest absolute Gasteiger partial charge is 0.392 e. The first-order chi connectivity index (χ1) is 5.81. The fourth-order valence-electron chi connectivity index (χ4n) is 0.860. The number of rotatable bonds is 5. The van der Waals surface area contributed by atoms with Crippen LogP contribution in [-0.4, -0.2) is 49.2 Å². The van der Waals surface area contributed by atoms with Crippen molar-refractivity contribution in [2.45, 2.75) is 19.4 Å². The van der Waals surface area contributed by atoms with E-state index in [1.54, 1.807) is 18.9 Å². The van der Waals surface area contributed by atoms with Crippen molar-refractivity contribution in [3.63, 3.8) is 0 Å². The van der Waals surface area contributed by atoms with E-state index in [0.717, 1.165) is 0 Å². The molecule has 0 aliphatic carbocycles. The van der Waals surface area contributed by atoms with Crippen LogP contribution in [0.1, 0.15) is 6.92 Å². The van der Waals surface area contributed by atoms with Crippen LogP contribution in [0.25, 0.3) is 0 Å². The summed E-state index contributed by atoms with van der Waals surface area (Å²) in [5, 5.41) is 8.88. The van der Waals surface area contributed by atoms with Crippen LogP contribution in [0.5, 0.6) is 0 Å².